The number of aliphatic hydroxyl groups is 1. The van der Waals surface area contributed by atoms with Crippen molar-refractivity contribution in [2.24, 2.45) is 23.7 Å². The molecule has 0 aliphatic heterocycles. The lowest BCUT2D eigenvalue weighted by Crippen LogP contribution is -2.44. The minimum Gasteiger partial charge on any atom is -0.469 e. The van der Waals surface area contributed by atoms with Crippen LogP contribution < -0.4 is 0 Å². The number of esters is 1. The van der Waals surface area contributed by atoms with E-state index in [1.807, 2.05) is 0 Å². The van der Waals surface area contributed by atoms with Gasteiger partial charge in [0.25, 0.3) is 0 Å². The summed E-state index contributed by atoms with van der Waals surface area (Å²) in [7, 11) is -0.513. The molecule has 4 nitrogen and oxygen atoms in total. The largest absolute Gasteiger partial charge is 0.469 e. The Morgan fingerprint density at radius 2 is 2.03 bits per heavy atom. The number of carbonyl (C=O) groups is 1. The number of rotatable bonds is 14. The van der Waals surface area contributed by atoms with E-state index in [0.29, 0.717) is 18.8 Å². The van der Waals surface area contributed by atoms with Gasteiger partial charge in [0.15, 0.2) is 8.32 Å². The lowest BCUT2D eigenvalue weighted by molar-refractivity contribution is -0.140. The first-order valence-corrected chi connectivity index (χ1v) is 17.0. The van der Waals surface area contributed by atoms with Gasteiger partial charge in [-0.15, -0.1) is 0 Å². The molecule has 2 aliphatic rings. The number of ether oxygens (including phenoxy) is 1. The highest BCUT2D eigenvalue weighted by Gasteiger charge is 2.43. The van der Waals surface area contributed by atoms with Gasteiger partial charge in [-0.3, -0.25) is 4.79 Å². The molecular weight excluding hydrogens is 452 g/mol. The van der Waals surface area contributed by atoms with Gasteiger partial charge in [-0.25, -0.2) is 0 Å². The summed E-state index contributed by atoms with van der Waals surface area (Å²) >= 11 is 0. The van der Waals surface area contributed by atoms with E-state index >= 15 is 0 Å². The number of fused-ring (bicyclic) bond motifs is 1. The molecule has 35 heavy (non-hydrogen) atoms. The molecule has 1 fully saturated rings. The van der Waals surface area contributed by atoms with Crippen LogP contribution in [0, 0.1) is 23.7 Å². The molecule has 0 aromatic heterocycles. The average Bonchev–Trinajstić information content (AvgIpc) is 3.25. The van der Waals surface area contributed by atoms with E-state index in [-0.39, 0.29) is 34.9 Å². The maximum absolute atomic E-state index is 11.4. The molecule has 0 bridgehead atoms. The van der Waals surface area contributed by atoms with Gasteiger partial charge in [-0.2, -0.15) is 0 Å². The molecule has 5 heteroatoms. The third-order valence-corrected chi connectivity index (χ3v) is 13.1. The maximum Gasteiger partial charge on any atom is 0.305 e. The van der Waals surface area contributed by atoms with Crippen molar-refractivity contribution in [1.29, 1.82) is 0 Å². The summed E-state index contributed by atoms with van der Waals surface area (Å²) in [5, 5.41) is 11.2. The Morgan fingerprint density at radius 3 is 2.66 bits per heavy atom. The number of carbonyl (C=O) groups excluding carboxylic acids is 1. The zero-order valence-corrected chi connectivity index (χ0v) is 24.9. The Balaban J connectivity index is 2.09. The first kappa shape index (κ1) is 28.7. The summed E-state index contributed by atoms with van der Waals surface area (Å²) in [5.41, 5.74) is 1.42. The van der Waals surface area contributed by atoms with E-state index in [1.165, 1.54) is 31.9 Å². The summed E-state index contributed by atoms with van der Waals surface area (Å²) in [6.45, 7) is 16.0. The van der Waals surface area contributed by atoms with Crippen LogP contribution in [0.5, 0.6) is 0 Å². The molecular formula is C30H54O4Si. The molecule has 0 spiro atoms. The fraction of sp³-hybridized carbons (Fsp3) is 0.833. The Kier molecular flexibility index (Phi) is 11.1. The Hall–Kier alpha value is -0.913. The molecule has 0 saturated heterocycles. The number of allylic oxidation sites excluding steroid dienone is 2. The van der Waals surface area contributed by atoms with Crippen molar-refractivity contribution in [3.8, 4) is 0 Å². The van der Waals surface area contributed by atoms with Crippen molar-refractivity contribution < 1.29 is 20.4 Å². The average molecular weight is 509 g/mol. The molecule has 0 unspecified atom stereocenters. The second kappa shape index (κ2) is 13.6. The quantitative estimate of drug-likeness (QED) is 0.112. The topological polar surface area (TPSA) is 55.8 Å². The van der Waals surface area contributed by atoms with Gasteiger partial charge >= 0.3 is 5.97 Å². The van der Waals surface area contributed by atoms with Gasteiger partial charge in [0.1, 0.15) is 0 Å². The molecule has 1 saturated carbocycles. The van der Waals surface area contributed by atoms with Crippen LogP contribution in [0.25, 0.3) is 0 Å². The molecule has 1 N–H and O–H groups in total. The van der Waals surface area contributed by atoms with Crippen LogP contribution in [0.2, 0.25) is 18.1 Å². The Morgan fingerprint density at radius 1 is 1.31 bits per heavy atom. The molecule has 0 heterocycles. The first-order chi connectivity index (χ1) is 16.7. The molecule has 2 rings (SSSR count). The van der Waals surface area contributed by atoms with Crippen molar-refractivity contribution in [2.45, 2.75) is 129 Å². The van der Waals surface area contributed by atoms with Gasteiger partial charge in [-0.05, 0) is 74.4 Å². The van der Waals surface area contributed by atoms with Crippen molar-refractivity contribution >= 4 is 14.3 Å². The van der Waals surface area contributed by atoms with Crippen molar-refractivity contribution in [3.05, 3.63) is 23.8 Å². The maximum atomic E-state index is 11.4. The lowest BCUT2D eigenvalue weighted by Gasteiger charge is -2.39. The Bertz CT molecular complexity index is 767. The van der Waals surface area contributed by atoms with E-state index in [9.17, 15) is 9.90 Å². The van der Waals surface area contributed by atoms with Crippen LogP contribution in [0.4, 0.5) is 0 Å². The summed E-state index contributed by atoms with van der Waals surface area (Å²) < 4.78 is 20.3. The van der Waals surface area contributed by atoms with Crippen LogP contribution in [0.15, 0.2) is 23.8 Å². The van der Waals surface area contributed by atoms with Crippen LogP contribution >= 0.6 is 0 Å². The van der Waals surface area contributed by atoms with Gasteiger partial charge in [0, 0.05) is 12.3 Å². The summed E-state index contributed by atoms with van der Waals surface area (Å²) in [5.74, 6) is 0.810. The normalized spacial score (nSPS) is 29.1. The van der Waals surface area contributed by atoms with Crippen LogP contribution in [0.3, 0.4) is 0 Å². The van der Waals surface area contributed by atoms with E-state index in [1.54, 1.807) is 0 Å². The highest BCUT2D eigenvalue weighted by molar-refractivity contribution is 6.74. The lowest BCUT2D eigenvalue weighted by atomic mass is 9.88. The zero-order valence-electron chi connectivity index (χ0n) is 24.9. The van der Waals surface area contributed by atoms with Crippen LogP contribution in [-0.4, -0.2) is 38.7 Å². The fourth-order valence-electron chi connectivity index (χ4n) is 5.37. The molecule has 6 atom stereocenters. The summed E-state index contributed by atoms with van der Waals surface area (Å²) in [4.78, 5) is 11.4. The molecule has 2 aliphatic carbocycles. The minimum absolute atomic E-state index is 0.0275. The smallest absolute Gasteiger partial charge is 0.305 e. The number of hydrogen-bond acceptors (Lipinski definition) is 4. The predicted molar refractivity (Wildman–Crippen MR) is 149 cm³/mol. The number of hydrogen-bond donors (Lipinski definition) is 1. The standard InChI is InChI=1S/C30H54O4Si/c1-9-10-13-22(2)18-25(34-35(7,8)30(3,4)5)16-17-26-27-20-23(19-24(27)21-28(26)31)14-11-12-15-29(32)33-6/h16-17,19,22,24-28,31H,9-15,18,20-21H2,1-8H3/b17-16+/t22-,24-,25+,26+,27-,28+/m0/s1/i28T. The van der Waals surface area contributed by atoms with Crippen LogP contribution in [0.1, 0.15) is 100 Å². The molecule has 0 radical (unpaired) electrons. The monoisotopic (exact) mass is 508 g/mol. The SMILES string of the molecule is [3H][C@@]1(O)C[C@@H]2C=C(CCCCC(=O)OC)C[C@@H]2[C@H]1/C=C/[C@H](C[C@@H](C)CCCC)O[Si](C)(C)C(C)(C)C. The zero-order chi connectivity index (χ0) is 27.1. The highest BCUT2D eigenvalue weighted by atomic mass is 28.4. The van der Waals surface area contributed by atoms with Crippen LogP contribution in [-0.2, 0) is 14.0 Å². The van der Waals surface area contributed by atoms with E-state index in [4.69, 9.17) is 10.5 Å². The second-order valence-electron chi connectivity index (χ2n) is 12.6. The predicted octanol–water partition coefficient (Wildman–Crippen LogP) is 7.83. The first-order valence-electron chi connectivity index (χ1n) is 14.5. The fourth-order valence-corrected chi connectivity index (χ4v) is 6.66. The molecule has 0 amide bonds. The van der Waals surface area contributed by atoms with E-state index in [0.717, 1.165) is 32.1 Å². The van der Waals surface area contributed by atoms with Crippen molar-refractivity contribution in [1.82, 2.24) is 0 Å². The minimum atomic E-state index is -1.95. The van der Waals surface area contributed by atoms with E-state index < -0.39 is 14.4 Å². The number of methoxy groups -OCH3 is 1. The van der Waals surface area contributed by atoms with Gasteiger partial charge in [0.2, 0.25) is 0 Å². The van der Waals surface area contributed by atoms with E-state index in [2.05, 4.69) is 65.9 Å². The molecule has 0 aromatic carbocycles. The van der Waals surface area contributed by atoms with Crippen molar-refractivity contribution in [3.63, 3.8) is 0 Å². The third-order valence-electron chi connectivity index (χ3n) is 8.62. The summed E-state index contributed by atoms with van der Waals surface area (Å²) in [6.07, 6.45) is 14.6. The number of unbranched alkanes of at least 4 members (excludes halogenated alkanes) is 2. The third kappa shape index (κ3) is 9.16. The molecule has 202 valence electrons. The van der Waals surface area contributed by atoms with Crippen molar-refractivity contribution in [2.75, 3.05) is 7.11 Å². The summed E-state index contributed by atoms with van der Waals surface area (Å²) in [6, 6.07) is 0. The highest BCUT2D eigenvalue weighted by Crippen LogP contribution is 2.48. The Labute approximate surface area is 218 Å². The van der Waals surface area contributed by atoms with Gasteiger partial charge < -0.3 is 14.3 Å². The van der Waals surface area contributed by atoms with Gasteiger partial charge in [0.05, 0.1) is 20.7 Å². The second-order valence-corrected chi connectivity index (χ2v) is 17.4. The van der Waals surface area contributed by atoms with Gasteiger partial charge in [-0.1, -0.05) is 77.7 Å². The molecule has 0 aromatic rings.